The molecule has 1 N–H and O–H groups in total. The van der Waals surface area contributed by atoms with Gasteiger partial charge in [0.1, 0.15) is 6.04 Å². The van der Waals surface area contributed by atoms with Crippen molar-refractivity contribution >= 4 is 58.4 Å². The minimum atomic E-state index is -0.534. The molecule has 0 aliphatic rings. The third-order valence-corrected chi connectivity index (χ3v) is 6.31. The molecule has 30 heavy (non-hydrogen) atoms. The Labute approximate surface area is 197 Å². The largest absolute Gasteiger partial charge is 0.355 e. The van der Waals surface area contributed by atoms with Crippen molar-refractivity contribution in [1.82, 2.24) is 10.2 Å². The van der Waals surface area contributed by atoms with Crippen LogP contribution in [0.25, 0.3) is 0 Å². The molecule has 0 saturated carbocycles. The van der Waals surface area contributed by atoms with Crippen LogP contribution < -0.4 is 5.32 Å². The second kappa shape index (κ2) is 12.5. The standard InChI is InChI=1S/C22H25Cl3N2O2S/c1-3-20(22(29)26-4-2)27(12-15-5-8-17(23)9-6-15)21(28)14-30-13-16-7-10-18(24)11-19(16)25/h5-11,20H,3-4,12-14H2,1-2H3,(H,26,29). The Morgan fingerprint density at radius 2 is 1.70 bits per heavy atom. The number of nitrogens with zero attached hydrogens (tertiary/aromatic N) is 1. The van der Waals surface area contributed by atoms with Crippen LogP contribution in [-0.2, 0) is 21.9 Å². The molecule has 0 radical (unpaired) electrons. The Morgan fingerprint density at radius 3 is 2.30 bits per heavy atom. The molecule has 162 valence electrons. The molecule has 8 heteroatoms. The highest BCUT2D eigenvalue weighted by atomic mass is 35.5. The molecule has 0 aromatic heterocycles. The van der Waals surface area contributed by atoms with Gasteiger partial charge in [-0.15, -0.1) is 11.8 Å². The molecule has 4 nitrogen and oxygen atoms in total. The van der Waals surface area contributed by atoms with E-state index in [1.54, 1.807) is 29.2 Å². The zero-order chi connectivity index (χ0) is 22.1. The van der Waals surface area contributed by atoms with E-state index in [4.69, 9.17) is 34.8 Å². The van der Waals surface area contributed by atoms with Gasteiger partial charge < -0.3 is 10.2 Å². The Morgan fingerprint density at radius 1 is 1.03 bits per heavy atom. The topological polar surface area (TPSA) is 49.4 Å². The lowest BCUT2D eigenvalue weighted by molar-refractivity contribution is -0.139. The number of hydrogen-bond acceptors (Lipinski definition) is 3. The monoisotopic (exact) mass is 486 g/mol. The first-order chi connectivity index (χ1) is 14.3. The van der Waals surface area contributed by atoms with Crippen molar-refractivity contribution in [1.29, 1.82) is 0 Å². The fourth-order valence-corrected chi connectivity index (χ4v) is 4.56. The fourth-order valence-electron chi connectivity index (χ4n) is 2.97. The summed E-state index contributed by atoms with van der Waals surface area (Å²) in [5, 5.41) is 4.61. The predicted molar refractivity (Wildman–Crippen MR) is 127 cm³/mol. The maximum atomic E-state index is 13.1. The summed E-state index contributed by atoms with van der Waals surface area (Å²) >= 11 is 19.6. The van der Waals surface area contributed by atoms with E-state index < -0.39 is 6.04 Å². The van der Waals surface area contributed by atoms with Gasteiger partial charge in [0.15, 0.2) is 0 Å². The first-order valence-corrected chi connectivity index (χ1v) is 12.0. The number of thioether (sulfide) groups is 1. The van der Waals surface area contributed by atoms with Crippen molar-refractivity contribution in [2.75, 3.05) is 12.3 Å². The normalized spacial score (nSPS) is 11.8. The van der Waals surface area contributed by atoms with Crippen molar-refractivity contribution in [3.8, 4) is 0 Å². The minimum absolute atomic E-state index is 0.0989. The van der Waals surface area contributed by atoms with E-state index in [1.165, 1.54) is 11.8 Å². The van der Waals surface area contributed by atoms with E-state index in [1.807, 2.05) is 32.0 Å². The van der Waals surface area contributed by atoms with Crippen LogP contribution in [0.3, 0.4) is 0 Å². The number of carbonyl (C=O) groups excluding carboxylic acids is 2. The maximum absolute atomic E-state index is 13.1. The lowest BCUT2D eigenvalue weighted by Gasteiger charge is -2.30. The number of rotatable bonds is 10. The van der Waals surface area contributed by atoms with E-state index in [0.717, 1.165) is 11.1 Å². The Kier molecular flexibility index (Phi) is 10.3. The Hall–Kier alpha value is -1.40. The van der Waals surface area contributed by atoms with Crippen molar-refractivity contribution < 1.29 is 9.59 Å². The molecule has 0 heterocycles. The number of nitrogens with one attached hydrogen (secondary N) is 1. The van der Waals surface area contributed by atoms with E-state index in [0.29, 0.717) is 40.3 Å². The fraction of sp³-hybridized carbons (Fsp3) is 0.364. The van der Waals surface area contributed by atoms with Gasteiger partial charge in [0.05, 0.1) is 5.75 Å². The molecular weight excluding hydrogens is 463 g/mol. The molecular formula is C22H25Cl3N2O2S. The van der Waals surface area contributed by atoms with E-state index >= 15 is 0 Å². The summed E-state index contributed by atoms with van der Waals surface area (Å²) in [5.74, 6) is 0.572. The average Bonchev–Trinajstić information content (AvgIpc) is 2.71. The number of likely N-dealkylation sites (N-methyl/N-ethyl adjacent to an activating group) is 1. The predicted octanol–water partition coefficient (Wildman–Crippen LogP) is 5.82. The molecule has 1 unspecified atom stereocenters. The average molecular weight is 488 g/mol. The molecule has 2 amide bonds. The zero-order valence-corrected chi connectivity index (χ0v) is 20.0. The van der Waals surface area contributed by atoms with Crippen LogP contribution in [0.5, 0.6) is 0 Å². The highest BCUT2D eigenvalue weighted by Crippen LogP contribution is 2.25. The lowest BCUT2D eigenvalue weighted by atomic mass is 10.1. The van der Waals surface area contributed by atoms with Crippen molar-refractivity contribution in [2.45, 2.75) is 38.6 Å². The number of hydrogen-bond donors (Lipinski definition) is 1. The number of amides is 2. The first kappa shape index (κ1) is 24.9. The lowest BCUT2D eigenvalue weighted by Crippen LogP contribution is -2.49. The van der Waals surface area contributed by atoms with Crippen LogP contribution in [0, 0.1) is 0 Å². The first-order valence-electron chi connectivity index (χ1n) is 9.69. The van der Waals surface area contributed by atoms with Gasteiger partial charge in [0.2, 0.25) is 11.8 Å². The van der Waals surface area contributed by atoms with Gasteiger partial charge in [0, 0.05) is 33.9 Å². The quantitative estimate of drug-likeness (QED) is 0.459. The summed E-state index contributed by atoms with van der Waals surface area (Å²) in [7, 11) is 0. The number of carbonyl (C=O) groups is 2. The Balaban J connectivity index is 2.11. The van der Waals surface area contributed by atoms with Crippen LogP contribution in [0.2, 0.25) is 15.1 Å². The third kappa shape index (κ3) is 7.38. The highest BCUT2D eigenvalue weighted by molar-refractivity contribution is 7.99. The summed E-state index contributed by atoms with van der Waals surface area (Å²) < 4.78 is 0. The van der Waals surface area contributed by atoms with Crippen LogP contribution in [0.1, 0.15) is 31.4 Å². The van der Waals surface area contributed by atoms with Crippen LogP contribution >= 0.6 is 46.6 Å². The van der Waals surface area contributed by atoms with Gasteiger partial charge in [-0.2, -0.15) is 0 Å². The number of halogens is 3. The van der Waals surface area contributed by atoms with Crippen LogP contribution in [0.15, 0.2) is 42.5 Å². The van der Waals surface area contributed by atoms with Gasteiger partial charge in [-0.3, -0.25) is 9.59 Å². The molecule has 2 aromatic carbocycles. The SMILES string of the molecule is CCNC(=O)C(CC)N(Cc1ccc(Cl)cc1)C(=O)CSCc1ccc(Cl)cc1Cl. The summed E-state index contributed by atoms with van der Waals surface area (Å²) in [4.78, 5) is 27.3. The van der Waals surface area contributed by atoms with Crippen molar-refractivity contribution in [3.05, 3.63) is 68.7 Å². The molecule has 0 fully saturated rings. The smallest absolute Gasteiger partial charge is 0.242 e. The molecule has 0 spiro atoms. The van der Waals surface area contributed by atoms with Gasteiger partial charge >= 0.3 is 0 Å². The molecule has 1 atom stereocenters. The third-order valence-electron chi connectivity index (χ3n) is 4.50. The highest BCUT2D eigenvalue weighted by Gasteiger charge is 2.28. The summed E-state index contributed by atoms with van der Waals surface area (Å²) in [6.45, 7) is 4.63. The van der Waals surface area contributed by atoms with E-state index in [-0.39, 0.29) is 17.6 Å². The van der Waals surface area contributed by atoms with Crippen LogP contribution in [-0.4, -0.2) is 35.1 Å². The van der Waals surface area contributed by atoms with Gasteiger partial charge in [-0.1, -0.05) is 59.9 Å². The Bertz CT molecular complexity index is 862. The van der Waals surface area contributed by atoms with Crippen LogP contribution in [0.4, 0.5) is 0 Å². The summed E-state index contributed by atoms with van der Waals surface area (Å²) in [5.41, 5.74) is 1.83. The van der Waals surface area contributed by atoms with Gasteiger partial charge in [-0.25, -0.2) is 0 Å². The molecule has 0 bridgehead atoms. The van der Waals surface area contributed by atoms with Gasteiger partial charge in [-0.05, 0) is 48.7 Å². The molecule has 2 rings (SSSR count). The van der Waals surface area contributed by atoms with Crippen molar-refractivity contribution in [2.24, 2.45) is 0 Å². The van der Waals surface area contributed by atoms with E-state index in [2.05, 4.69) is 5.32 Å². The van der Waals surface area contributed by atoms with Crippen molar-refractivity contribution in [3.63, 3.8) is 0 Å². The molecule has 0 aliphatic carbocycles. The molecule has 0 aliphatic heterocycles. The maximum Gasteiger partial charge on any atom is 0.242 e. The molecule has 0 saturated heterocycles. The zero-order valence-electron chi connectivity index (χ0n) is 17.0. The minimum Gasteiger partial charge on any atom is -0.355 e. The summed E-state index contributed by atoms with van der Waals surface area (Å²) in [6.07, 6.45) is 0.527. The summed E-state index contributed by atoms with van der Waals surface area (Å²) in [6, 6.07) is 12.1. The van der Waals surface area contributed by atoms with E-state index in [9.17, 15) is 9.59 Å². The number of benzene rings is 2. The second-order valence-electron chi connectivity index (χ2n) is 6.70. The molecule has 2 aromatic rings. The van der Waals surface area contributed by atoms with Gasteiger partial charge in [0.25, 0.3) is 0 Å². The second-order valence-corrected chi connectivity index (χ2v) is 8.96.